The molecule has 0 atom stereocenters. The van der Waals surface area contributed by atoms with Gasteiger partial charge in [0.1, 0.15) is 10.7 Å². The van der Waals surface area contributed by atoms with Crippen LogP contribution in [-0.2, 0) is 6.54 Å². The predicted octanol–water partition coefficient (Wildman–Crippen LogP) is 2.60. The van der Waals surface area contributed by atoms with E-state index < -0.39 is 5.97 Å². The predicted molar refractivity (Wildman–Crippen MR) is 70.1 cm³/mol. The molecular formula is C10H9IN2O2S. The van der Waals surface area contributed by atoms with Gasteiger partial charge in [0.2, 0.25) is 0 Å². The Labute approximate surface area is 110 Å². The first-order valence-corrected chi connectivity index (χ1v) is 6.52. The van der Waals surface area contributed by atoms with E-state index in [-0.39, 0.29) is 0 Å². The third-order valence-corrected chi connectivity index (χ3v) is 3.60. The summed E-state index contributed by atoms with van der Waals surface area (Å²) in [5, 5.41) is 11.9. The lowest BCUT2D eigenvalue weighted by Gasteiger charge is -2.02. The summed E-state index contributed by atoms with van der Waals surface area (Å²) < 4.78 is 2.63. The van der Waals surface area contributed by atoms with E-state index in [1.165, 1.54) is 0 Å². The molecule has 0 radical (unpaired) electrons. The van der Waals surface area contributed by atoms with Gasteiger partial charge in [-0.25, -0.2) is 9.78 Å². The molecule has 0 aliphatic carbocycles. The summed E-state index contributed by atoms with van der Waals surface area (Å²) in [6, 6.07) is 1.66. The quantitative estimate of drug-likeness (QED) is 0.868. The summed E-state index contributed by atoms with van der Waals surface area (Å²) in [6.45, 7) is 2.45. The van der Waals surface area contributed by atoms with Gasteiger partial charge in [0.25, 0.3) is 0 Å². The zero-order chi connectivity index (χ0) is 11.7. The second-order valence-corrected chi connectivity index (χ2v) is 5.55. The van der Waals surface area contributed by atoms with Crippen molar-refractivity contribution < 1.29 is 9.90 Å². The number of carboxylic acids is 1. The van der Waals surface area contributed by atoms with Gasteiger partial charge in [-0.2, -0.15) is 0 Å². The summed E-state index contributed by atoms with van der Waals surface area (Å²) in [6.07, 6.45) is 1.82. The highest BCUT2D eigenvalue weighted by atomic mass is 127. The van der Waals surface area contributed by atoms with Crippen molar-refractivity contribution in [3.63, 3.8) is 0 Å². The minimum Gasteiger partial charge on any atom is -0.477 e. The van der Waals surface area contributed by atoms with Crippen LogP contribution in [0.2, 0.25) is 0 Å². The van der Waals surface area contributed by atoms with Gasteiger partial charge in [-0.15, -0.1) is 11.3 Å². The fourth-order valence-corrected chi connectivity index (χ4v) is 2.81. The van der Waals surface area contributed by atoms with Gasteiger partial charge in [-0.3, -0.25) is 0 Å². The molecule has 16 heavy (non-hydrogen) atoms. The maximum absolute atomic E-state index is 11.0. The number of nitrogens with zero attached hydrogens (tertiary/aromatic N) is 2. The topological polar surface area (TPSA) is 55.1 Å². The first kappa shape index (κ1) is 11.6. The Morgan fingerprint density at radius 2 is 2.44 bits per heavy atom. The van der Waals surface area contributed by atoms with Crippen molar-refractivity contribution in [3.8, 4) is 0 Å². The van der Waals surface area contributed by atoms with Crippen LogP contribution in [0.1, 0.15) is 21.2 Å². The summed E-state index contributed by atoms with van der Waals surface area (Å²) in [4.78, 5) is 15.3. The van der Waals surface area contributed by atoms with Crippen molar-refractivity contribution in [3.05, 3.63) is 37.6 Å². The number of carbonyl (C=O) groups is 1. The number of carboxylic acid groups (broad SMARTS) is 1. The Morgan fingerprint density at radius 3 is 3.00 bits per heavy atom. The molecule has 0 spiro atoms. The van der Waals surface area contributed by atoms with Crippen LogP contribution in [0.4, 0.5) is 0 Å². The molecular weight excluding hydrogens is 339 g/mol. The molecule has 0 amide bonds. The summed E-state index contributed by atoms with van der Waals surface area (Å²) >= 11 is 3.65. The molecule has 1 N–H and O–H groups in total. The summed E-state index contributed by atoms with van der Waals surface area (Å²) in [7, 11) is 0. The lowest BCUT2D eigenvalue weighted by atomic mass is 10.4. The second kappa shape index (κ2) is 4.54. The Balaban J connectivity index is 2.30. The zero-order valence-electron chi connectivity index (χ0n) is 8.48. The highest BCUT2D eigenvalue weighted by molar-refractivity contribution is 14.1. The normalized spacial score (nSPS) is 10.6. The molecule has 0 aliphatic heterocycles. The Morgan fingerprint density at radius 1 is 1.69 bits per heavy atom. The van der Waals surface area contributed by atoms with E-state index in [1.54, 1.807) is 22.0 Å². The van der Waals surface area contributed by atoms with Crippen LogP contribution in [0.3, 0.4) is 0 Å². The van der Waals surface area contributed by atoms with Gasteiger partial charge in [0.05, 0.1) is 6.54 Å². The molecule has 0 fully saturated rings. The van der Waals surface area contributed by atoms with E-state index in [4.69, 9.17) is 5.11 Å². The van der Waals surface area contributed by atoms with Crippen molar-refractivity contribution >= 4 is 39.9 Å². The molecule has 2 aromatic rings. The molecule has 6 heteroatoms. The smallest absolute Gasteiger partial charge is 0.352 e. The number of hydrogen-bond donors (Lipinski definition) is 1. The van der Waals surface area contributed by atoms with Gasteiger partial charge in [0.15, 0.2) is 0 Å². The average molecular weight is 348 g/mol. The average Bonchev–Trinajstić information content (AvgIpc) is 2.74. The SMILES string of the molecule is Cc1csc(Cn2cc(I)cc2C(=O)O)n1. The largest absolute Gasteiger partial charge is 0.477 e. The molecule has 0 aromatic carbocycles. The zero-order valence-corrected chi connectivity index (χ0v) is 11.4. The Kier molecular flexibility index (Phi) is 3.29. The van der Waals surface area contributed by atoms with Crippen molar-refractivity contribution in [2.45, 2.75) is 13.5 Å². The fraction of sp³-hybridized carbons (Fsp3) is 0.200. The Hall–Kier alpha value is -0.890. The molecule has 0 aliphatic rings. The minimum absolute atomic E-state index is 0.303. The molecule has 4 nitrogen and oxygen atoms in total. The van der Waals surface area contributed by atoms with Gasteiger partial charge < -0.3 is 9.67 Å². The van der Waals surface area contributed by atoms with E-state index in [2.05, 4.69) is 27.6 Å². The van der Waals surface area contributed by atoms with Crippen LogP contribution in [0.25, 0.3) is 0 Å². The molecule has 0 saturated heterocycles. The molecule has 0 unspecified atom stereocenters. The van der Waals surface area contributed by atoms with Crippen LogP contribution in [0.15, 0.2) is 17.6 Å². The number of aromatic nitrogens is 2. The van der Waals surface area contributed by atoms with Crippen LogP contribution in [0.5, 0.6) is 0 Å². The molecule has 0 bridgehead atoms. The van der Waals surface area contributed by atoms with Crippen molar-refractivity contribution in [2.75, 3.05) is 0 Å². The number of aromatic carboxylic acids is 1. The molecule has 2 rings (SSSR count). The van der Waals surface area contributed by atoms with Crippen molar-refractivity contribution in [1.29, 1.82) is 0 Å². The first-order valence-electron chi connectivity index (χ1n) is 4.56. The second-order valence-electron chi connectivity index (χ2n) is 3.36. The Bertz CT molecular complexity index is 533. The molecule has 2 heterocycles. The van der Waals surface area contributed by atoms with E-state index >= 15 is 0 Å². The highest BCUT2D eigenvalue weighted by Crippen LogP contribution is 2.16. The number of hydrogen-bond acceptors (Lipinski definition) is 3. The highest BCUT2D eigenvalue weighted by Gasteiger charge is 2.12. The van der Waals surface area contributed by atoms with Gasteiger partial charge in [-0.05, 0) is 35.6 Å². The van der Waals surface area contributed by atoms with Gasteiger partial charge in [-0.1, -0.05) is 0 Å². The number of aryl methyl sites for hydroxylation is 1. The standard InChI is InChI=1S/C10H9IN2O2S/c1-6-5-16-9(12-6)4-13-3-7(11)2-8(13)10(14)15/h2-3,5H,4H2,1H3,(H,14,15). The summed E-state index contributed by atoms with van der Waals surface area (Å²) in [5.74, 6) is -0.906. The third-order valence-electron chi connectivity index (χ3n) is 2.05. The summed E-state index contributed by atoms with van der Waals surface area (Å²) in [5.41, 5.74) is 1.27. The minimum atomic E-state index is -0.906. The molecule has 84 valence electrons. The van der Waals surface area contributed by atoms with Crippen molar-refractivity contribution in [1.82, 2.24) is 9.55 Å². The third kappa shape index (κ3) is 2.43. The number of thiazole rings is 1. The fourth-order valence-electron chi connectivity index (χ4n) is 1.41. The van der Waals surface area contributed by atoms with Crippen LogP contribution >= 0.6 is 33.9 Å². The monoisotopic (exact) mass is 348 g/mol. The van der Waals surface area contributed by atoms with E-state index in [9.17, 15) is 4.79 Å². The maximum atomic E-state index is 11.0. The molecule has 2 aromatic heterocycles. The maximum Gasteiger partial charge on any atom is 0.352 e. The van der Waals surface area contributed by atoms with Gasteiger partial charge >= 0.3 is 5.97 Å². The van der Waals surface area contributed by atoms with E-state index in [0.29, 0.717) is 12.2 Å². The van der Waals surface area contributed by atoms with Crippen LogP contribution in [0, 0.1) is 10.5 Å². The van der Waals surface area contributed by atoms with Gasteiger partial charge in [0, 0.05) is 20.8 Å². The first-order chi connectivity index (χ1) is 7.56. The van der Waals surface area contributed by atoms with Crippen molar-refractivity contribution in [2.24, 2.45) is 0 Å². The van der Waals surface area contributed by atoms with E-state index in [1.807, 2.05) is 18.5 Å². The lowest BCUT2D eigenvalue weighted by Crippen LogP contribution is -2.08. The van der Waals surface area contributed by atoms with E-state index in [0.717, 1.165) is 14.3 Å². The van der Waals surface area contributed by atoms with Crippen LogP contribution < -0.4 is 0 Å². The lowest BCUT2D eigenvalue weighted by molar-refractivity contribution is 0.0685. The number of halogens is 1. The van der Waals surface area contributed by atoms with Crippen LogP contribution in [-0.4, -0.2) is 20.6 Å². The number of rotatable bonds is 3. The molecule has 0 saturated carbocycles.